The molecule has 126 valence electrons. The van der Waals surface area contributed by atoms with Crippen molar-refractivity contribution < 1.29 is 14.3 Å². The van der Waals surface area contributed by atoms with Crippen molar-refractivity contribution in [1.29, 1.82) is 0 Å². The van der Waals surface area contributed by atoms with E-state index in [1.165, 1.54) is 0 Å². The van der Waals surface area contributed by atoms with Crippen LogP contribution in [0.4, 0.5) is 11.4 Å². The minimum absolute atomic E-state index is 0.134. The lowest BCUT2D eigenvalue weighted by atomic mass is 10.1. The maximum Gasteiger partial charge on any atom is 0.255 e. The van der Waals surface area contributed by atoms with Crippen molar-refractivity contribution >= 4 is 17.3 Å². The molecule has 0 aromatic heterocycles. The fourth-order valence-corrected chi connectivity index (χ4v) is 2.79. The Labute approximate surface area is 142 Å². The SMILES string of the molecule is COc1ccc(C(=O)Nc2ccc(N3CCOCC3C)cc2)cc1. The third-order valence-electron chi connectivity index (χ3n) is 4.18. The molecule has 0 spiro atoms. The molecule has 5 heteroatoms. The van der Waals surface area contributed by atoms with Crippen LogP contribution in [0.15, 0.2) is 48.5 Å². The molecule has 1 fully saturated rings. The molecule has 0 bridgehead atoms. The summed E-state index contributed by atoms with van der Waals surface area (Å²) in [7, 11) is 1.60. The van der Waals surface area contributed by atoms with Gasteiger partial charge in [-0.1, -0.05) is 0 Å². The van der Waals surface area contributed by atoms with Gasteiger partial charge in [0.05, 0.1) is 20.3 Å². The van der Waals surface area contributed by atoms with Crippen molar-refractivity contribution in [2.45, 2.75) is 13.0 Å². The number of nitrogens with one attached hydrogen (secondary N) is 1. The Morgan fingerprint density at radius 2 is 1.88 bits per heavy atom. The number of nitrogens with zero attached hydrogens (tertiary/aromatic N) is 1. The Bertz CT molecular complexity index is 683. The molecule has 1 aliphatic rings. The fraction of sp³-hybridized carbons (Fsp3) is 0.316. The van der Waals surface area contributed by atoms with E-state index in [9.17, 15) is 4.79 Å². The van der Waals surface area contributed by atoms with E-state index in [-0.39, 0.29) is 5.91 Å². The van der Waals surface area contributed by atoms with Crippen molar-refractivity contribution in [1.82, 2.24) is 0 Å². The Hall–Kier alpha value is -2.53. The standard InChI is InChI=1S/C19H22N2O3/c1-14-13-24-12-11-21(14)17-7-5-16(6-8-17)20-19(22)15-3-9-18(23-2)10-4-15/h3-10,14H,11-13H2,1-2H3,(H,20,22). The van der Waals surface area contributed by atoms with Crippen LogP contribution >= 0.6 is 0 Å². The van der Waals surface area contributed by atoms with Gasteiger partial charge < -0.3 is 19.7 Å². The summed E-state index contributed by atoms with van der Waals surface area (Å²) in [5, 5.41) is 2.91. The number of rotatable bonds is 4. The molecule has 2 aromatic carbocycles. The molecule has 1 saturated heterocycles. The molecule has 1 atom stereocenters. The van der Waals surface area contributed by atoms with Crippen LogP contribution in [-0.4, -0.2) is 38.8 Å². The molecule has 0 aliphatic carbocycles. The fourth-order valence-electron chi connectivity index (χ4n) is 2.79. The topological polar surface area (TPSA) is 50.8 Å². The highest BCUT2D eigenvalue weighted by Crippen LogP contribution is 2.22. The highest BCUT2D eigenvalue weighted by molar-refractivity contribution is 6.04. The number of hydrogen-bond acceptors (Lipinski definition) is 4. The summed E-state index contributed by atoms with van der Waals surface area (Å²) in [6, 6.07) is 15.3. The second-order valence-corrected chi connectivity index (χ2v) is 5.85. The number of hydrogen-bond donors (Lipinski definition) is 1. The monoisotopic (exact) mass is 326 g/mol. The van der Waals surface area contributed by atoms with E-state index in [1.54, 1.807) is 31.4 Å². The molecular formula is C19H22N2O3. The second-order valence-electron chi connectivity index (χ2n) is 5.85. The summed E-state index contributed by atoms with van der Waals surface area (Å²) < 4.78 is 10.6. The number of anilines is 2. The Balaban J connectivity index is 1.65. The van der Waals surface area contributed by atoms with Crippen LogP contribution in [-0.2, 0) is 4.74 Å². The normalized spacial score (nSPS) is 17.4. The van der Waals surface area contributed by atoms with E-state index in [4.69, 9.17) is 9.47 Å². The van der Waals surface area contributed by atoms with Crippen molar-refractivity contribution in [3.05, 3.63) is 54.1 Å². The van der Waals surface area contributed by atoms with Gasteiger partial charge in [-0.15, -0.1) is 0 Å². The van der Waals surface area contributed by atoms with Crippen molar-refractivity contribution in [3.63, 3.8) is 0 Å². The predicted molar refractivity (Wildman–Crippen MR) is 95.0 cm³/mol. The zero-order valence-corrected chi connectivity index (χ0v) is 14.0. The third-order valence-corrected chi connectivity index (χ3v) is 4.18. The number of ether oxygens (including phenoxy) is 2. The number of amides is 1. The molecule has 0 radical (unpaired) electrons. The molecule has 5 nitrogen and oxygen atoms in total. The quantitative estimate of drug-likeness (QED) is 0.937. The van der Waals surface area contributed by atoms with Crippen LogP contribution in [0, 0.1) is 0 Å². The van der Waals surface area contributed by atoms with E-state index in [2.05, 4.69) is 17.1 Å². The van der Waals surface area contributed by atoms with Crippen LogP contribution in [0.2, 0.25) is 0 Å². The van der Waals surface area contributed by atoms with Crippen LogP contribution < -0.4 is 15.0 Å². The van der Waals surface area contributed by atoms with Gasteiger partial charge in [0.15, 0.2) is 0 Å². The summed E-state index contributed by atoms with van der Waals surface area (Å²) in [5.41, 5.74) is 2.52. The minimum Gasteiger partial charge on any atom is -0.497 e. The molecule has 24 heavy (non-hydrogen) atoms. The molecule has 3 rings (SSSR count). The van der Waals surface area contributed by atoms with Gasteiger partial charge in [0, 0.05) is 29.5 Å². The summed E-state index contributed by atoms with van der Waals surface area (Å²) >= 11 is 0. The molecule has 1 amide bonds. The van der Waals surface area contributed by atoms with Crippen LogP contribution in [0.3, 0.4) is 0 Å². The zero-order valence-electron chi connectivity index (χ0n) is 14.0. The first kappa shape index (κ1) is 16.3. The van der Waals surface area contributed by atoms with Crippen LogP contribution in [0.25, 0.3) is 0 Å². The highest BCUT2D eigenvalue weighted by Gasteiger charge is 2.18. The zero-order chi connectivity index (χ0) is 16.9. The van der Waals surface area contributed by atoms with Crippen LogP contribution in [0.5, 0.6) is 5.75 Å². The van der Waals surface area contributed by atoms with Gasteiger partial charge in [-0.25, -0.2) is 0 Å². The van der Waals surface area contributed by atoms with E-state index >= 15 is 0 Å². The predicted octanol–water partition coefficient (Wildman–Crippen LogP) is 3.17. The van der Waals surface area contributed by atoms with Crippen molar-refractivity contribution in [2.75, 3.05) is 37.1 Å². The maximum atomic E-state index is 12.3. The van der Waals surface area contributed by atoms with Gasteiger partial charge >= 0.3 is 0 Å². The smallest absolute Gasteiger partial charge is 0.255 e. The van der Waals surface area contributed by atoms with Gasteiger partial charge in [0.1, 0.15) is 5.75 Å². The van der Waals surface area contributed by atoms with E-state index in [1.807, 2.05) is 24.3 Å². The maximum absolute atomic E-state index is 12.3. The first-order valence-electron chi connectivity index (χ1n) is 8.07. The molecule has 0 saturated carbocycles. The average Bonchev–Trinajstić information content (AvgIpc) is 2.63. The third kappa shape index (κ3) is 3.68. The highest BCUT2D eigenvalue weighted by atomic mass is 16.5. The number of methoxy groups -OCH3 is 1. The van der Waals surface area contributed by atoms with Gasteiger partial charge in [0.2, 0.25) is 0 Å². The van der Waals surface area contributed by atoms with Crippen molar-refractivity contribution in [3.8, 4) is 5.75 Å². The first-order valence-corrected chi connectivity index (χ1v) is 8.07. The Morgan fingerprint density at radius 3 is 2.50 bits per heavy atom. The summed E-state index contributed by atoms with van der Waals surface area (Å²) in [6.45, 7) is 4.54. The van der Waals surface area contributed by atoms with E-state index in [0.717, 1.165) is 36.9 Å². The van der Waals surface area contributed by atoms with E-state index in [0.29, 0.717) is 11.6 Å². The molecule has 1 unspecified atom stereocenters. The van der Waals surface area contributed by atoms with E-state index < -0.39 is 0 Å². The molecule has 1 N–H and O–H groups in total. The Morgan fingerprint density at radius 1 is 1.17 bits per heavy atom. The number of carbonyl (C=O) groups excluding carboxylic acids is 1. The lowest BCUT2D eigenvalue weighted by Crippen LogP contribution is -2.43. The lowest BCUT2D eigenvalue weighted by Gasteiger charge is -2.35. The van der Waals surface area contributed by atoms with Gasteiger partial charge in [0.25, 0.3) is 5.91 Å². The average molecular weight is 326 g/mol. The first-order chi connectivity index (χ1) is 11.7. The minimum atomic E-state index is -0.134. The van der Waals surface area contributed by atoms with Gasteiger partial charge in [-0.05, 0) is 55.5 Å². The summed E-state index contributed by atoms with van der Waals surface area (Å²) in [5.74, 6) is 0.598. The number of morpholine rings is 1. The molecule has 1 aliphatic heterocycles. The summed E-state index contributed by atoms with van der Waals surface area (Å²) in [4.78, 5) is 14.6. The lowest BCUT2D eigenvalue weighted by molar-refractivity contribution is 0.0989. The summed E-state index contributed by atoms with van der Waals surface area (Å²) in [6.07, 6.45) is 0. The second kappa shape index (κ2) is 7.36. The Kier molecular flexibility index (Phi) is 5.01. The van der Waals surface area contributed by atoms with Gasteiger partial charge in [-0.3, -0.25) is 4.79 Å². The van der Waals surface area contributed by atoms with Gasteiger partial charge in [-0.2, -0.15) is 0 Å². The number of benzene rings is 2. The molecule has 2 aromatic rings. The van der Waals surface area contributed by atoms with Crippen molar-refractivity contribution in [2.24, 2.45) is 0 Å². The molecular weight excluding hydrogens is 304 g/mol. The largest absolute Gasteiger partial charge is 0.497 e. The number of carbonyl (C=O) groups is 1. The molecule has 1 heterocycles. The van der Waals surface area contributed by atoms with Crippen LogP contribution in [0.1, 0.15) is 17.3 Å².